The average Bonchev–Trinajstić information content (AvgIpc) is 3.03. The summed E-state index contributed by atoms with van der Waals surface area (Å²) < 4.78 is 0. The Balaban J connectivity index is 1.63. The molecule has 24 heavy (non-hydrogen) atoms. The van der Waals surface area contributed by atoms with Gasteiger partial charge in [0.25, 0.3) is 0 Å². The van der Waals surface area contributed by atoms with Gasteiger partial charge in [0.2, 0.25) is 0 Å². The predicted octanol–water partition coefficient (Wildman–Crippen LogP) is 4.63. The normalized spacial score (nSPS) is 15.7. The Kier molecular flexibility index (Phi) is 5.54. The third-order valence-electron chi connectivity index (χ3n) is 3.98. The van der Waals surface area contributed by atoms with Crippen LogP contribution in [0.2, 0.25) is 0 Å². The Morgan fingerprint density at radius 3 is 2.62 bits per heavy atom. The molecule has 2 aromatic carbocycles. The summed E-state index contributed by atoms with van der Waals surface area (Å²) in [6.07, 6.45) is 3.92. The van der Waals surface area contributed by atoms with Crippen molar-refractivity contribution in [3.63, 3.8) is 0 Å². The van der Waals surface area contributed by atoms with Crippen molar-refractivity contribution in [2.24, 2.45) is 4.99 Å². The first-order valence-corrected chi connectivity index (χ1v) is 9.28. The van der Waals surface area contributed by atoms with E-state index in [-0.39, 0.29) is 6.03 Å². The van der Waals surface area contributed by atoms with Gasteiger partial charge in [-0.05, 0) is 42.5 Å². The van der Waals surface area contributed by atoms with E-state index < -0.39 is 0 Å². The minimum atomic E-state index is -0.304. The number of nitrogens with one attached hydrogen (secondary N) is 1. The Morgan fingerprint density at radius 2 is 1.92 bits per heavy atom. The van der Waals surface area contributed by atoms with E-state index in [1.807, 2.05) is 48.7 Å². The van der Waals surface area contributed by atoms with Crippen molar-refractivity contribution in [1.29, 1.82) is 0 Å². The van der Waals surface area contributed by atoms with Crippen molar-refractivity contribution in [2.45, 2.75) is 24.3 Å². The summed E-state index contributed by atoms with van der Waals surface area (Å²) in [6, 6.07) is 17.8. The van der Waals surface area contributed by atoms with Crippen molar-refractivity contribution in [1.82, 2.24) is 4.90 Å². The van der Waals surface area contributed by atoms with Gasteiger partial charge in [0.15, 0.2) is 0 Å². The molecule has 0 unspecified atom stereocenters. The molecule has 4 nitrogen and oxygen atoms in total. The van der Waals surface area contributed by atoms with Gasteiger partial charge in [-0.2, -0.15) is 4.99 Å². The molecule has 0 aromatic heterocycles. The molecule has 2 aromatic rings. The highest BCUT2D eigenvalue weighted by atomic mass is 32.2. The van der Waals surface area contributed by atoms with Crippen molar-refractivity contribution in [2.75, 3.05) is 18.1 Å². The van der Waals surface area contributed by atoms with E-state index in [0.29, 0.717) is 0 Å². The molecule has 124 valence electrons. The molecule has 5 heteroatoms. The van der Waals surface area contributed by atoms with Crippen LogP contribution in [-0.2, 0) is 6.54 Å². The number of nitrogens with zero attached hydrogens (tertiary/aromatic N) is 2. The van der Waals surface area contributed by atoms with E-state index in [4.69, 9.17) is 0 Å². The molecule has 1 saturated heterocycles. The van der Waals surface area contributed by atoms with E-state index >= 15 is 0 Å². The Labute approximate surface area is 147 Å². The largest absolute Gasteiger partial charge is 0.356 e. The first kappa shape index (κ1) is 16.6. The van der Waals surface area contributed by atoms with Crippen molar-refractivity contribution in [3.8, 4) is 0 Å². The zero-order valence-corrected chi connectivity index (χ0v) is 14.6. The highest BCUT2D eigenvalue weighted by molar-refractivity contribution is 7.98. The molecular formula is C19H21N3OS. The Bertz CT molecular complexity index is 713. The van der Waals surface area contributed by atoms with Gasteiger partial charge in [-0.25, -0.2) is 4.79 Å². The molecule has 0 spiro atoms. The molecule has 0 bridgehead atoms. The fourth-order valence-electron chi connectivity index (χ4n) is 2.76. The average molecular weight is 339 g/mol. The van der Waals surface area contributed by atoms with E-state index in [0.717, 1.165) is 37.5 Å². The van der Waals surface area contributed by atoms with Gasteiger partial charge in [-0.1, -0.05) is 30.3 Å². The summed E-state index contributed by atoms with van der Waals surface area (Å²) in [6.45, 7) is 1.75. The van der Waals surface area contributed by atoms with Crippen molar-refractivity contribution >= 4 is 29.3 Å². The molecule has 0 aliphatic carbocycles. The molecule has 0 radical (unpaired) electrons. The number of aliphatic imine (C=N–C) groups is 1. The van der Waals surface area contributed by atoms with Crippen molar-refractivity contribution < 1.29 is 4.79 Å². The summed E-state index contributed by atoms with van der Waals surface area (Å²) in [5.74, 6) is 0.872. The first-order valence-electron chi connectivity index (χ1n) is 8.06. The van der Waals surface area contributed by atoms with Crippen LogP contribution >= 0.6 is 11.8 Å². The van der Waals surface area contributed by atoms with Crippen LogP contribution < -0.4 is 5.32 Å². The lowest BCUT2D eigenvalue weighted by molar-refractivity contribution is 0.259. The van der Waals surface area contributed by atoms with E-state index in [1.54, 1.807) is 11.8 Å². The number of thioether (sulfide) groups is 1. The minimum Gasteiger partial charge on any atom is -0.356 e. The van der Waals surface area contributed by atoms with E-state index in [2.05, 4.69) is 27.3 Å². The number of rotatable bonds is 4. The van der Waals surface area contributed by atoms with Gasteiger partial charge in [0.1, 0.15) is 5.84 Å². The maximum absolute atomic E-state index is 12.2. The molecule has 0 atom stereocenters. The number of hydrogen-bond acceptors (Lipinski definition) is 2. The van der Waals surface area contributed by atoms with Crippen LogP contribution in [0.25, 0.3) is 0 Å². The minimum absolute atomic E-state index is 0.304. The lowest BCUT2D eigenvalue weighted by Gasteiger charge is -2.18. The second-order valence-corrected chi connectivity index (χ2v) is 6.58. The summed E-state index contributed by atoms with van der Waals surface area (Å²) in [5.41, 5.74) is 2.01. The number of benzene rings is 2. The van der Waals surface area contributed by atoms with Crippen LogP contribution in [0, 0.1) is 0 Å². The monoisotopic (exact) mass is 339 g/mol. The lowest BCUT2D eigenvalue weighted by atomic mass is 10.2. The van der Waals surface area contributed by atoms with Crippen LogP contribution in [0.1, 0.15) is 18.4 Å². The SMILES string of the molecule is CSc1ccc(NC(=O)N=C2CCCN2Cc2ccccc2)cc1. The fourth-order valence-corrected chi connectivity index (χ4v) is 3.17. The third-order valence-corrected chi connectivity index (χ3v) is 4.73. The highest BCUT2D eigenvalue weighted by Gasteiger charge is 2.19. The second kappa shape index (κ2) is 8.02. The van der Waals surface area contributed by atoms with Crippen LogP contribution in [0.3, 0.4) is 0 Å². The number of amidine groups is 1. The molecule has 1 N–H and O–H groups in total. The number of anilines is 1. The quantitative estimate of drug-likeness (QED) is 0.826. The third kappa shape index (κ3) is 4.38. The van der Waals surface area contributed by atoms with Crippen LogP contribution in [-0.4, -0.2) is 29.6 Å². The zero-order valence-electron chi connectivity index (χ0n) is 13.7. The van der Waals surface area contributed by atoms with Crippen LogP contribution in [0.5, 0.6) is 0 Å². The first-order chi connectivity index (χ1) is 11.7. The summed E-state index contributed by atoms with van der Waals surface area (Å²) in [7, 11) is 0. The summed E-state index contributed by atoms with van der Waals surface area (Å²) in [4.78, 5) is 19.8. The van der Waals surface area contributed by atoms with Gasteiger partial charge in [0.05, 0.1) is 0 Å². The summed E-state index contributed by atoms with van der Waals surface area (Å²) >= 11 is 1.68. The second-order valence-electron chi connectivity index (χ2n) is 5.70. The number of amides is 2. The molecule has 1 aliphatic rings. The fraction of sp³-hybridized carbons (Fsp3) is 0.263. The van der Waals surface area contributed by atoms with Gasteiger partial charge < -0.3 is 10.2 Å². The van der Waals surface area contributed by atoms with Gasteiger partial charge in [-0.15, -0.1) is 11.8 Å². The molecule has 0 saturated carbocycles. The van der Waals surface area contributed by atoms with Crippen LogP contribution in [0.15, 0.2) is 64.5 Å². The number of carbonyl (C=O) groups is 1. The van der Waals surface area contributed by atoms with Crippen molar-refractivity contribution in [3.05, 3.63) is 60.2 Å². The smallest absolute Gasteiger partial charge is 0.347 e. The Morgan fingerprint density at radius 1 is 1.17 bits per heavy atom. The lowest BCUT2D eigenvalue weighted by Crippen LogP contribution is -2.26. The van der Waals surface area contributed by atoms with E-state index in [1.165, 1.54) is 10.5 Å². The highest BCUT2D eigenvalue weighted by Crippen LogP contribution is 2.19. The molecular weight excluding hydrogens is 318 g/mol. The molecule has 1 fully saturated rings. The van der Waals surface area contributed by atoms with Gasteiger partial charge >= 0.3 is 6.03 Å². The molecule has 1 aliphatic heterocycles. The van der Waals surface area contributed by atoms with E-state index in [9.17, 15) is 4.79 Å². The number of hydrogen-bond donors (Lipinski definition) is 1. The molecule has 3 rings (SSSR count). The topological polar surface area (TPSA) is 44.7 Å². The van der Waals surface area contributed by atoms with Gasteiger partial charge in [-0.3, -0.25) is 0 Å². The number of likely N-dealkylation sites (tertiary alicyclic amines) is 1. The number of urea groups is 1. The molecule has 2 amide bonds. The summed E-state index contributed by atoms with van der Waals surface area (Å²) in [5, 5.41) is 2.84. The Hall–Kier alpha value is -2.27. The van der Waals surface area contributed by atoms with Crippen LogP contribution in [0.4, 0.5) is 10.5 Å². The maximum atomic E-state index is 12.2. The zero-order chi connectivity index (χ0) is 16.8. The van der Waals surface area contributed by atoms with Gasteiger partial charge in [0, 0.05) is 30.1 Å². The molecule has 1 heterocycles. The maximum Gasteiger partial charge on any atom is 0.347 e. The standard InChI is InChI=1S/C19H21N3OS/c1-24-17-11-9-16(10-12-17)20-19(23)21-18-8-5-13-22(18)14-15-6-3-2-4-7-15/h2-4,6-7,9-12H,5,8,13-14H2,1H3,(H,20,23). The number of carbonyl (C=O) groups excluding carboxylic acids is 1. The predicted molar refractivity (Wildman–Crippen MR) is 101 cm³/mol.